The van der Waals surface area contributed by atoms with Crippen LogP contribution in [0.4, 0.5) is 5.13 Å². The largest absolute Gasteiger partial charge is 0.484 e. The zero-order chi connectivity index (χ0) is 17.4. The molecule has 0 fully saturated rings. The second kappa shape index (κ2) is 9.02. The van der Waals surface area contributed by atoms with Crippen molar-refractivity contribution in [3.63, 3.8) is 0 Å². The number of para-hydroxylation sites is 1. The number of rotatable bonds is 8. The molecule has 0 atom stereocenters. The lowest BCUT2D eigenvalue weighted by Gasteiger charge is -2.21. The fraction of sp³-hybridized carbons (Fsp3) is 0.353. The van der Waals surface area contributed by atoms with Crippen LogP contribution >= 0.6 is 11.3 Å². The zero-order valence-corrected chi connectivity index (χ0v) is 14.6. The number of hydrogen-bond donors (Lipinski definition) is 1. The molecule has 0 radical (unpaired) electrons. The highest BCUT2D eigenvalue weighted by molar-refractivity contribution is 7.15. The first-order chi connectivity index (χ1) is 11.6. The van der Waals surface area contributed by atoms with E-state index in [1.165, 1.54) is 16.2 Å². The lowest BCUT2D eigenvalue weighted by Crippen LogP contribution is -2.41. The lowest BCUT2D eigenvalue weighted by atomic mass is 10.3. The minimum Gasteiger partial charge on any atom is -0.484 e. The second-order valence-electron chi connectivity index (χ2n) is 5.24. The molecule has 7 heteroatoms. The van der Waals surface area contributed by atoms with Gasteiger partial charge >= 0.3 is 0 Å². The summed E-state index contributed by atoms with van der Waals surface area (Å²) in [6.07, 6.45) is 2.46. The Hall–Kier alpha value is -2.41. The van der Waals surface area contributed by atoms with Gasteiger partial charge in [-0.25, -0.2) is 4.98 Å². The fourth-order valence-corrected chi connectivity index (χ4v) is 2.74. The number of carbonyl (C=O) groups is 2. The molecule has 0 saturated heterocycles. The van der Waals surface area contributed by atoms with E-state index >= 15 is 0 Å². The summed E-state index contributed by atoms with van der Waals surface area (Å²) in [7, 11) is 0. The highest BCUT2D eigenvalue weighted by Gasteiger charge is 2.17. The Morgan fingerprint density at radius 3 is 2.67 bits per heavy atom. The average Bonchev–Trinajstić information content (AvgIpc) is 2.98. The van der Waals surface area contributed by atoms with E-state index in [0.717, 1.165) is 11.3 Å². The average molecular weight is 347 g/mol. The molecule has 0 unspecified atom stereocenters. The number of ether oxygens (including phenoxy) is 1. The van der Waals surface area contributed by atoms with E-state index in [1.54, 1.807) is 18.3 Å². The van der Waals surface area contributed by atoms with Crippen LogP contribution in [0, 0.1) is 6.92 Å². The molecule has 1 heterocycles. The summed E-state index contributed by atoms with van der Waals surface area (Å²) in [5.41, 5.74) is 0. The Balaban J connectivity index is 1.87. The number of amides is 2. The maximum atomic E-state index is 12.3. The molecule has 1 aromatic carbocycles. The Bertz CT molecular complexity index is 673. The van der Waals surface area contributed by atoms with Crippen LogP contribution in [0.3, 0.4) is 0 Å². The third-order valence-corrected chi connectivity index (χ3v) is 3.98. The van der Waals surface area contributed by atoms with Crippen LogP contribution in [0.2, 0.25) is 0 Å². The maximum absolute atomic E-state index is 12.3. The number of anilines is 1. The predicted molar refractivity (Wildman–Crippen MR) is 94.3 cm³/mol. The number of aryl methyl sites for hydroxylation is 1. The van der Waals surface area contributed by atoms with Gasteiger partial charge in [-0.05, 0) is 25.5 Å². The molecule has 2 rings (SSSR count). The molecule has 0 spiro atoms. The van der Waals surface area contributed by atoms with Crippen molar-refractivity contribution in [1.29, 1.82) is 0 Å². The summed E-state index contributed by atoms with van der Waals surface area (Å²) in [6.45, 7) is 4.28. The summed E-state index contributed by atoms with van der Waals surface area (Å²) in [5, 5.41) is 3.26. The monoisotopic (exact) mass is 347 g/mol. The van der Waals surface area contributed by atoms with Gasteiger partial charge in [0.15, 0.2) is 11.7 Å². The number of aromatic nitrogens is 1. The van der Waals surface area contributed by atoms with Gasteiger partial charge in [-0.2, -0.15) is 0 Å². The van der Waals surface area contributed by atoms with Gasteiger partial charge in [0, 0.05) is 17.6 Å². The fourth-order valence-electron chi connectivity index (χ4n) is 2.06. The summed E-state index contributed by atoms with van der Waals surface area (Å²) >= 11 is 1.40. The number of thiazole rings is 1. The smallest absolute Gasteiger partial charge is 0.260 e. The molecule has 0 aliphatic rings. The topological polar surface area (TPSA) is 71.5 Å². The van der Waals surface area contributed by atoms with Gasteiger partial charge in [0.05, 0.1) is 0 Å². The maximum Gasteiger partial charge on any atom is 0.260 e. The van der Waals surface area contributed by atoms with Gasteiger partial charge in [0.2, 0.25) is 5.91 Å². The van der Waals surface area contributed by atoms with Crippen LogP contribution in [0.5, 0.6) is 5.75 Å². The van der Waals surface area contributed by atoms with Gasteiger partial charge in [-0.15, -0.1) is 11.3 Å². The second-order valence-corrected chi connectivity index (χ2v) is 6.48. The van der Waals surface area contributed by atoms with Gasteiger partial charge in [0.25, 0.3) is 5.91 Å². The van der Waals surface area contributed by atoms with Crippen molar-refractivity contribution in [2.45, 2.75) is 20.3 Å². The molecule has 0 bridgehead atoms. The van der Waals surface area contributed by atoms with Crippen LogP contribution in [0.1, 0.15) is 18.2 Å². The Labute approximate surface area is 145 Å². The molecular weight excluding hydrogens is 326 g/mol. The lowest BCUT2D eigenvalue weighted by molar-refractivity contribution is -0.136. The number of hydrogen-bond acceptors (Lipinski definition) is 5. The van der Waals surface area contributed by atoms with Crippen LogP contribution in [0.15, 0.2) is 36.5 Å². The van der Waals surface area contributed by atoms with E-state index in [9.17, 15) is 9.59 Å². The van der Waals surface area contributed by atoms with Gasteiger partial charge in [0.1, 0.15) is 12.3 Å². The predicted octanol–water partition coefficient (Wildman–Crippen LogP) is 2.71. The molecule has 0 aliphatic carbocycles. The molecule has 0 aliphatic heterocycles. The summed E-state index contributed by atoms with van der Waals surface area (Å²) in [6, 6.07) is 9.13. The summed E-state index contributed by atoms with van der Waals surface area (Å²) < 4.78 is 5.47. The molecule has 1 aromatic heterocycles. The molecular formula is C17H21N3O3S. The van der Waals surface area contributed by atoms with E-state index in [4.69, 9.17) is 4.74 Å². The van der Waals surface area contributed by atoms with Gasteiger partial charge in [-0.1, -0.05) is 25.1 Å². The molecule has 1 N–H and O–H groups in total. The number of nitrogens with one attached hydrogen (secondary N) is 1. The number of carbonyl (C=O) groups excluding carboxylic acids is 2. The van der Waals surface area contributed by atoms with Crippen LogP contribution < -0.4 is 10.1 Å². The minimum atomic E-state index is -0.258. The van der Waals surface area contributed by atoms with E-state index < -0.39 is 0 Å². The van der Waals surface area contributed by atoms with Crippen molar-refractivity contribution >= 4 is 28.3 Å². The first-order valence-corrected chi connectivity index (χ1v) is 8.58. The van der Waals surface area contributed by atoms with Crippen molar-refractivity contribution in [2.75, 3.05) is 25.0 Å². The van der Waals surface area contributed by atoms with Crippen LogP contribution in [0.25, 0.3) is 0 Å². The molecule has 24 heavy (non-hydrogen) atoms. The Kier molecular flexibility index (Phi) is 6.74. The van der Waals surface area contributed by atoms with Crippen molar-refractivity contribution in [2.24, 2.45) is 0 Å². The first kappa shape index (κ1) is 17.9. The summed E-state index contributed by atoms with van der Waals surface area (Å²) in [5.74, 6) is 0.155. The molecule has 2 amide bonds. The molecule has 2 aromatic rings. The third kappa shape index (κ3) is 5.66. The van der Waals surface area contributed by atoms with Crippen molar-refractivity contribution in [3.05, 3.63) is 41.4 Å². The third-order valence-electron chi connectivity index (χ3n) is 3.15. The van der Waals surface area contributed by atoms with Gasteiger partial charge in [-0.3, -0.25) is 9.59 Å². The number of nitrogens with zero attached hydrogens (tertiary/aromatic N) is 2. The van der Waals surface area contributed by atoms with Crippen molar-refractivity contribution in [1.82, 2.24) is 9.88 Å². The Morgan fingerprint density at radius 2 is 2.04 bits per heavy atom. The first-order valence-electron chi connectivity index (χ1n) is 7.76. The SMILES string of the molecule is CCCN(CC(=O)Nc1ncc(C)s1)C(=O)COc1ccccc1. The van der Waals surface area contributed by atoms with Crippen LogP contribution in [-0.4, -0.2) is 41.4 Å². The summed E-state index contributed by atoms with van der Waals surface area (Å²) in [4.78, 5) is 31.0. The van der Waals surface area contributed by atoms with Gasteiger partial charge < -0.3 is 15.0 Å². The normalized spacial score (nSPS) is 10.2. The Morgan fingerprint density at radius 1 is 1.29 bits per heavy atom. The van der Waals surface area contributed by atoms with E-state index in [-0.39, 0.29) is 25.0 Å². The van der Waals surface area contributed by atoms with E-state index in [0.29, 0.717) is 17.4 Å². The zero-order valence-electron chi connectivity index (χ0n) is 13.8. The molecule has 6 nitrogen and oxygen atoms in total. The van der Waals surface area contributed by atoms with Crippen molar-refractivity contribution < 1.29 is 14.3 Å². The molecule has 128 valence electrons. The van der Waals surface area contributed by atoms with Crippen molar-refractivity contribution in [3.8, 4) is 5.75 Å². The highest BCUT2D eigenvalue weighted by Crippen LogP contribution is 2.16. The van der Waals surface area contributed by atoms with E-state index in [2.05, 4.69) is 10.3 Å². The quantitative estimate of drug-likeness (QED) is 0.797. The van der Waals surface area contributed by atoms with Crippen LogP contribution in [-0.2, 0) is 9.59 Å². The van der Waals surface area contributed by atoms with E-state index in [1.807, 2.05) is 32.0 Å². The molecule has 0 saturated carbocycles. The minimum absolute atomic E-state index is 0.0105. The standard InChI is InChI=1S/C17H21N3O3S/c1-3-9-20(11-15(21)19-17-18-10-13(2)24-17)16(22)12-23-14-7-5-4-6-8-14/h4-8,10H,3,9,11-12H2,1-2H3,(H,18,19,21). The number of benzene rings is 1. The highest BCUT2D eigenvalue weighted by atomic mass is 32.1.